The van der Waals surface area contributed by atoms with Gasteiger partial charge < -0.3 is 24.2 Å². The molecule has 2 aromatic carbocycles. The van der Waals surface area contributed by atoms with Gasteiger partial charge in [0.25, 0.3) is 0 Å². The number of hydrogen-bond donors (Lipinski definition) is 1. The maximum Gasteiger partial charge on any atom is 0.307 e. The average molecular weight is 490 g/mol. The van der Waals surface area contributed by atoms with E-state index in [0.717, 1.165) is 59.9 Å². The summed E-state index contributed by atoms with van der Waals surface area (Å²) in [5.41, 5.74) is 4.15. The number of aliphatic carboxylic acids is 1. The standard InChI is InChI=1S/C28H31N3O5/c1-3-21(27(32)33)23-8-5-18-15-20(7-9-22(18)23)34-14-4-13-31(2)28-29-12-11-24(30-28)19-6-10-25-26(16-19)36-17-35-25/h6-7,9-12,15-16,21,23H,3-5,8,13-14,17H2,1-2H3,(H,32,33)/t21?,23-/m0/s1. The Kier molecular flexibility index (Phi) is 6.93. The van der Waals surface area contributed by atoms with Crippen LogP contribution in [0.2, 0.25) is 0 Å². The molecule has 36 heavy (non-hydrogen) atoms. The highest BCUT2D eigenvalue weighted by atomic mass is 16.7. The van der Waals surface area contributed by atoms with E-state index in [1.54, 1.807) is 6.20 Å². The Morgan fingerprint density at radius 1 is 1.19 bits per heavy atom. The molecular formula is C28H31N3O5. The van der Waals surface area contributed by atoms with Gasteiger partial charge in [-0.15, -0.1) is 0 Å². The number of rotatable bonds is 10. The van der Waals surface area contributed by atoms with Crippen LogP contribution in [0.5, 0.6) is 17.2 Å². The van der Waals surface area contributed by atoms with Crippen molar-refractivity contribution in [3.05, 3.63) is 59.8 Å². The van der Waals surface area contributed by atoms with Crippen LogP contribution in [-0.2, 0) is 11.2 Å². The summed E-state index contributed by atoms with van der Waals surface area (Å²) in [5, 5.41) is 9.54. The molecule has 1 aliphatic heterocycles. The molecule has 0 spiro atoms. The Labute approximate surface area is 210 Å². The Hall–Kier alpha value is -3.81. The molecule has 1 aliphatic carbocycles. The summed E-state index contributed by atoms with van der Waals surface area (Å²) in [6.07, 6.45) is 5.01. The lowest BCUT2D eigenvalue weighted by Crippen LogP contribution is -2.22. The van der Waals surface area contributed by atoms with Gasteiger partial charge in [-0.1, -0.05) is 13.0 Å². The average Bonchev–Trinajstić information content (AvgIpc) is 3.53. The molecule has 8 nitrogen and oxygen atoms in total. The van der Waals surface area contributed by atoms with Crippen molar-refractivity contribution < 1.29 is 24.1 Å². The fourth-order valence-electron chi connectivity index (χ4n) is 5.11. The molecule has 2 heterocycles. The molecule has 1 unspecified atom stereocenters. The van der Waals surface area contributed by atoms with E-state index in [1.165, 1.54) is 5.56 Å². The topological polar surface area (TPSA) is 94.0 Å². The van der Waals surface area contributed by atoms with Gasteiger partial charge in [0, 0.05) is 25.4 Å². The molecule has 3 aromatic rings. The van der Waals surface area contributed by atoms with Crippen LogP contribution in [0, 0.1) is 5.92 Å². The third-order valence-electron chi connectivity index (χ3n) is 7.04. The van der Waals surface area contributed by atoms with Gasteiger partial charge in [0.2, 0.25) is 12.7 Å². The lowest BCUT2D eigenvalue weighted by Gasteiger charge is -2.19. The van der Waals surface area contributed by atoms with E-state index in [0.29, 0.717) is 19.0 Å². The summed E-state index contributed by atoms with van der Waals surface area (Å²) in [6, 6.07) is 13.8. The number of anilines is 1. The fraction of sp³-hybridized carbons (Fsp3) is 0.393. The number of nitrogens with zero attached hydrogens (tertiary/aromatic N) is 3. The van der Waals surface area contributed by atoms with Crippen molar-refractivity contribution in [2.45, 2.75) is 38.5 Å². The second-order valence-corrected chi connectivity index (χ2v) is 9.29. The van der Waals surface area contributed by atoms with Crippen molar-refractivity contribution in [3.8, 4) is 28.5 Å². The smallest absolute Gasteiger partial charge is 0.307 e. The first-order valence-corrected chi connectivity index (χ1v) is 12.5. The van der Waals surface area contributed by atoms with Gasteiger partial charge in [0.05, 0.1) is 18.2 Å². The van der Waals surface area contributed by atoms with Crippen LogP contribution >= 0.6 is 0 Å². The summed E-state index contributed by atoms with van der Waals surface area (Å²) < 4.78 is 16.9. The molecule has 2 aliphatic rings. The summed E-state index contributed by atoms with van der Waals surface area (Å²) >= 11 is 0. The van der Waals surface area contributed by atoms with Gasteiger partial charge in [0.15, 0.2) is 11.5 Å². The molecule has 0 fully saturated rings. The monoisotopic (exact) mass is 489 g/mol. The Morgan fingerprint density at radius 3 is 2.89 bits per heavy atom. The summed E-state index contributed by atoms with van der Waals surface area (Å²) in [5.74, 6) is 2.04. The molecule has 2 atom stereocenters. The molecule has 0 bridgehead atoms. The zero-order valence-electron chi connectivity index (χ0n) is 20.6. The molecule has 1 N–H and O–H groups in total. The Morgan fingerprint density at radius 2 is 2.06 bits per heavy atom. The lowest BCUT2D eigenvalue weighted by atomic mass is 9.85. The SMILES string of the molecule is CCC(C(=O)O)[C@@H]1CCc2cc(OCCCN(C)c3nccc(-c4ccc5c(c4)OCO5)n3)ccc21. The highest BCUT2D eigenvalue weighted by Gasteiger charge is 2.33. The molecule has 1 aromatic heterocycles. The molecule has 0 saturated carbocycles. The fourth-order valence-corrected chi connectivity index (χ4v) is 5.11. The lowest BCUT2D eigenvalue weighted by molar-refractivity contribution is -0.142. The largest absolute Gasteiger partial charge is 0.494 e. The third kappa shape index (κ3) is 4.94. The highest BCUT2D eigenvalue weighted by Crippen LogP contribution is 2.41. The van der Waals surface area contributed by atoms with Crippen LogP contribution in [0.15, 0.2) is 48.7 Å². The quantitative estimate of drug-likeness (QED) is 0.401. The normalized spacial score (nSPS) is 16.4. The minimum atomic E-state index is -0.704. The van der Waals surface area contributed by atoms with Gasteiger partial charge in [-0.3, -0.25) is 4.79 Å². The van der Waals surface area contributed by atoms with E-state index >= 15 is 0 Å². The van der Waals surface area contributed by atoms with E-state index in [1.807, 2.05) is 49.2 Å². The minimum absolute atomic E-state index is 0.0960. The first-order valence-electron chi connectivity index (χ1n) is 12.5. The van der Waals surface area contributed by atoms with E-state index in [-0.39, 0.29) is 18.6 Å². The zero-order valence-corrected chi connectivity index (χ0v) is 20.6. The molecule has 188 valence electrons. The number of aromatic nitrogens is 2. The molecule has 0 amide bonds. The van der Waals surface area contributed by atoms with E-state index in [2.05, 4.69) is 17.1 Å². The first kappa shape index (κ1) is 23.9. The van der Waals surface area contributed by atoms with Crippen LogP contribution in [0.25, 0.3) is 11.3 Å². The number of benzene rings is 2. The Bertz CT molecular complexity index is 1250. The number of fused-ring (bicyclic) bond motifs is 2. The van der Waals surface area contributed by atoms with Crippen molar-refractivity contribution in [2.24, 2.45) is 5.92 Å². The van der Waals surface area contributed by atoms with Gasteiger partial charge in [-0.05, 0) is 79.1 Å². The molecule has 0 radical (unpaired) electrons. The van der Waals surface area contributed by atoms with Gasteiger partial charge >= 0.3 is 5.97 Å². The minimum Gasteiger partial charge on any atom is -0.494 e. The molecule has 8 heteroatoms. The number of aryl methyl sites for hydroxylation is 1. The van der Waals surface area contributed by atoms with Crippen LogP contribution in [0.4, 0.5) is 5.95 Å². The van der Waals surface area contributed by atoms with Crippen LogP contribution < -0.4 is 19.1 Å². The molecule has 0 saturated heterocycles. The van der Waals surface area contributed by atoms with Gasteiger partial charge in [-0.25, -0.2) is 9.97 Å². The number of carboxylic acid groups (broad SMARTS) is 1. The molecular weight excluding hydrogens is 458 g/mol. The summed E-state index contributed by atoms with van der Waals surface area (Å²) in [4.78, 5) is 22.8. The van der Waals surface area contributed by atoms with Gasteiger partial charge in [-0.2, -0.15) is 0 Å². The summed E-state index contributed by atoms with van der Waals surface area (Å²) in [7, 11) is 1.97. The zero-order chi connectivity index (χ0) is 25.1. The number of carbonyl (C=O) groups is 1. The van der Waals surface area contributed by atoms with E-state index < -0.39 is 5.97 Å². The third-order valence-corrected chi connectivity index (χ3v) is 7.04. The Balaban J connectivity index is 1.15. The second kappa shape index (κ2) is 10.4. The maximum absolute atomic E-state index is 11.6. The van der Waals surface area contributed by atoms with Crippen molar-refractivity contribution in [3.63, 3.8) is 0 Å². The van der Waals surface area contributed by atoms with E-state index in [4.69, 9.17) is 19.2 Å². The van der Waals surface area contributed by atoms with Crippen LogP contribution in [0.1, 0.15) is 43.2 Å². The number of carboxylic acids is 1. The van der Waals surface area contributed by atoms with Gasteiger partial charge in [0.1, 0.15) is 5.75 Å². The number of ether oxygens (including phenoxy) is 3. The van der Waals surface area contributed by atoms with E-state index in [9.17, 15) is 9.90 Å². The predicted molar refractivity (Wildman–Crippen MR) is 136 cm³/mol. The second-order valence-electron chi connectivity index (χ2n) is 9.29. The van der Waals surface area contributed by atoms with Crippen molar-refractivity contribution in [2.75, 3.05) is 31.9 Å². The van der Waals surface area contributed by atoms with Crippen LogP contribution in [-0.4, -0.2) is 48.0 Å². The maximum atomic E-state index is 11.6. The molecule has 5 rings (SSSR count). The van der Waals surface area contributed by atoms with Crippen molar-refractivity contribution in [1.29, 1.82) is 0 Å². The highest BCUT2D eigenvalue weighted by molar-refractivity contribution is 5.72. The van der Waals surface area contributed by atoms with Crippen molar-refractivity contribution >= 4 is 11.9 Å². The first-order chi connectivity index (χ1) is 17.5. The predicted octanol–water partition coefficient (Wildman–Crippen LogP) is 4.92. The summed E-state index contributed by atoms with van der Waals surface area (Å²) in [6.45, 7) is 3.51. The number of hydrogen-bond acceptors (Lipinski definition) is 7. The van der Waals surface area contributed by atoms with Crippen LogP contribution in [0.3, 0.4) is 0 Å². The van der Waals surface area contributed by atoms with Crippen molar-refractivity contribution in [1.82, 2.24) is 9.97 Å².